The van der Waals surface area contributed by atoms with Gasteiger partial charge >= 0.3 is 0 Å². The molecule has 4 rings (SSSR count). The van der Waals surface area contributed by atoms with Crippen molar-refractivity contribution in [3.8, 4) is 23.0 Å². The lowest BCUT2D eigenvalue weighted by Gasteiger charge is -2.21. The summed E-state index contributed by atoms with van der Waals surface area (Å²) in [6, 6.07) is 10.7. The minimum Gasteiger partial charge on any atom is -0.497 e. The maximum atomic E-state index is 13.3. The molecule has 0 N–H and O–H groups in total. The predicted octanol–water partition coefficient (Wildman–Crippen LogP) is 3.30. The normalized spacial score (nSPS) is 19.6. The summed E-state index contributed by atoms with van der Waals surface area (Å²) in [6.07, 6.45) is 0.710. The van der Waals surface area contributed by atoms with Crippen LogP contribution < -0.4 is 18.9 Å². The highest BCUT2D eigenvalue weighted by Crippen LogP contribution is 2.41. The van der Waals surface area contributed by atoms with E-state index >= 15 is 0 Å². The van der Waals surface area contributed by atoms with E-state index in [2.05, 4.69) is 0 Å². The highest BCUT2D eigenvalue weighted by molar-refractivity contribution is 7.99. The third kappa shape index (κ3) is 3.99. The van der Waals surface area contributed by atoms with E-state index in [0.717, 1.165) is 17.1 Å². The number of sulfonamides is 1. The van der Waals surface area contributed by atoms with Gasteiger partial charge in [0.2, 0.25) is 16.8 Å². The number of benzene rings is 2. The molecule has 9 heteroatoms. The number of ether oxygens (including phenoxy) is 4. The van der Waals surface area contributed by atoms with Crippen molar-refractivity contribution in [2.24, 2.45) is 0 Å². The van der Waals surface area contributed by atoms with Crippen LogP contribution in [0.5, 0.6) is 23.0 Å². The molecule has 156 valence electrons. The fraction of sp³-hybridized carbons (Fsp3) is 0.400. The maximum Gasteiger partial charge on any atom is 0.246 e. The molecule has 1 unspecified atom stereocenters. The molecular formula is C20H23NO6S2. The lowest BCUT2D eigenvalue weighted by Crippen LogP contribution is -2.33. The molecule has 7 nitrogen and oxygen atoms in total. The Balaban J connectivity index is 1.53. The zero-order valence-corrected chi connectivity index (χ0v) is 17.9. The molecule has 0 spiro atoms. The lowest BCUT2D eigenvalue weighted by molar-refractivity contribution is 0.174. The van der Waals surface area contributed by atoms with E-state index in [9.17, 15) is 8.42 Å². The van der Waals surface area contributed by atoms with Gasteiger partial charge in [0.1, 0.15) is 16.4 Å². The quantitative estimate of drug-likeness (QED) is 0.710. The van der Waals surface area contributed by atoms with Crippen LogP contribution in [0, 0.1) is 0 Å². The van der Waals surface area contributed by atoms with Crippen LogP contribution in [0.1, 0.15) is 17.2 Å². The Morgan fingerprint density at radius 2 is 1.86 bits per heavy atom. The third-order valence-electron chi connectivity index (χ3n) is 5.06. The van der Waals surface area contributed by atoms with Crippen LogP contribution in [0.4, 0.5) is 0 Å². The molecule has 1 saturated heterocycles. The van der Waals surface area contributed by atoms with Crippen molar-refractivity contribution < 1.29 is 27.4 Å². The molecule has 0 aromatic heterocycles. The topological polar surface area (TPSA) is 74.3 Å². The standard InChI is InChI=1S/C20H23NO6S2/c1-24-15-4-6-20(18(12-15)25-2)29(22,23)21-8-7-19(28-10-9-21)14-3-5-16-17(11-14)27-13-26-16/h3-6,11-12,19H,7-10,13H2,1-2H3. The second-order valence-electron chi connectivity index (χ2n) is 6.68. The molecule has 2 aromatic rings. The van der Waals surface area contributed by atoms with Gasteiger partial charge in [-0.3, -0.25) is 0 Å². The zero-order chi connectivity index (χ0) is 20.4. The Kier molecular flexibility index (Phi) is 5.80. The van der Waals surface area contributed by atoms with Crippen molar-refractivity contribution in [2.75, 3.05) is 39.9 Å². The van der Waals surface area contributed by atoms with Crippen LogP contribution in [-0.2, 0) is 10.0 Å². The van der Waals surface area contributed by atoms with Gasteiger partial charge in [-0.1, -0.05) is 6.07 Å². The molecule has 2 aromatic carbocycles. The molecule has 29 heavy (non-hydrogen) atoms. The first-order chi connectivity index (χ1) is 14.0. The number of thioether (sulfide) groups is 1. The minimum absolute atomic E-state index is 0.160. The molecule has 1 fully saturated rings. The van der Waals surface area contributed by atoms with Gasteiger partial charge in [0.05, 0.1) is 14.2 Å². The second kappa shape index (κ2) is 8.33. The van der Waals surface area contributed by atoms with Gasteiger partial charge in [0.25, 0.3) is 0 Å². The van der Waals surface area contributed by atoms with Crippen LogP contribution >= 0.6 is 11.8 Å². The van der Waals surface area contributed by atoms with Gasteiger partial charge in [-0.15, -0.1) is 0 Å². The van der Waals surface area contributed by atoms with Crippen molar-refractivity contribution in [1.29, 1.82) is 0 Å². The summed E-state index contributed by atoms with van der Waals surface area (Å²) in [7, 11) is -0.680. The summed E-state index contributed by atoms with van der Waals surface area (Å²) in [5.74, 6) is 3.04. The van der Waals surface area contributed by atoms with Crippen LogP contribution in [0.2, 0.25) is 0 Å². The first kappa shape index (κ1) is 20.2. The van der Waals surface area contributed by atoms with Crippen molar-refractivity contribution in [1.82, 2.24) is 4.31 Å². The molecule has 0 saturated carbocycles. The molecule has 2 aliphatic heterocycles. The van der Waals surface area contributed by atoms with Crippen LogP contribution in [0.25, 0.3) is 0 Å². The molecule has 1 atom stereocenters. The van der Waals surface area contributed by atoms with Crippen molar-refractivity contribution in [3.63, 3.8) is 0 Å². The number of rotatable bonds is 5. The Morgan fingerprint density at radius 1 is 1.03 bits per heavy atom. The van der Waals surface area contributed by atoms with E-state index in [1.165, 1.54) is 18.5 Å². The number of methoxy groups -OCH3 is 2. The molecule has 2 aliphatic rings. The summed E-state index contributed by atoms with van der Waals surface area (Å²) in [5, 5.41) is 0.197. The van der Waals surface area contributed by atoms with E-state index in [1.807, 2.05) is 18.2 Å². The molecule has 0 bridgehead atoms. The summed E-state index contributed by atoms with van der Waals surface area (Å²) < 4.78 is 49.4. The lowest BCUT2D eigenvalue weighted by atomic mass is 10.1. The van der Waals surface area contributed by atoms with E-state index in [0.29, 0.717) is 31.0 Å². The van der Waals surface area contributed by atoms with Crippen molar-refractivity contribution in [3.05, 3.63) is 42.0 Å². The number of fused-ring (bicyclic) bond motifs is 1. The molecule has 0 radical (unpaired) electrons. The molecule has 2 heterocycles. The predicted molar refractivity (Wildman–Crippen MR) is 111 cm³/mol. The van der Waals surface area contributed by atoms with Gasteiger partial charge in [0.15, 0.2) is 11.5 Å². The van der Waals surface area contributed by atoms with E-state index in [1.54, 1.807) is 30.0 Å². The van der Waals surface area contributed by atoms with Crippen molar-refractivity contribution >= 4 is 21.8 Å². The third-order valence-corrected chi connectivity index (χ3v) is 8.32. The SMILES string of the molecule is COc1ccc(S(=O)(=O)N2CCSC(c3ccc4c(c3)OCO4)CC2)c(OC)c1. The van der Waals surface area contributed by atoms with E-state index < -0.39 is 10.0 Å². The summed E-state index contributed by atoms with van der Waals surface area (Å²) >= 11 is 1.76. The fourth-order valence-electron chi connectivity index (χ4n) is 3.50. The number of nitrogens with zero attached hydrogens (tertiary/aromatic N) is 1. The minimum atomic E-state index is -3.67. The average Bonchev–Trinajstić information content (AvgIpc) is 3.06. The van der Waals surface area contributed by atoms with Crippen LogP contribution in [-0.4, -0.2) is 52.6 Å². The molecule has 0 amide bonds. The summed E-state index contributed by atoms with van der Waals surface area (Å²) in [6.45, 7) is 1.12. The Hall–Kier alpha value is -2.10. The second-order valence-corrected chi connectivity index (χ2v) is 9.90. The number of hydrogen-bond acceptors (Lipinski definition) is 7. The smallest absolute Gasteiger partial charge is 0.246 e. The number of hydrogen-bond donors (Lipinski definition) is 0. The van der Waals surface area contributed by atoms with Gasteiger partial charge in [0, 0.05) is 30.2 Å². The Bertz CT molecular complexity index is 994. The average molecular weight is 438 g/mol. The zero-order valence-electron chi connectivity index (χ0n) is 16.3. The summed E-state index contributed by atoms with van der Waals surface area (Å²) in [4.78, 5) is 0.160. The first-order valence-electron chi connectivity index (χ1n) is 9.26. The van der Waals surface area contributed by atoms with Gasteiger partial charge < -0.3 is 18.9 Å². The monoisotopic (exact) mass is 437 g/mol. The highest BCUT2D eigenvalue weighted by Gasteiger charge is 2.31. The Labute approximate surface area is 174 Å². The summed E-state index contributed by atoms with van der Waals surface area (Å²) in [5.41, 5.74) is 1.13. The molecule has 0 aliphatic carbocycles. The van der Waals surface area contributed by atoms with E-state index in [4.69, 9.17) is 18.9 Å². The largest absolute Gasteiger partial charge is 0.497 e. The van der Waals surface area contributed by atoms with Gasteiger partial charge in [-0.2, -0.15) is 16.1 Å². The molecular weight excluding hydrogens is 414 g/mol. The highest BCUT2D eigenvalue weighted by atomic mass is 32.2. The van der Waals surface area contributed by atoms with Crippen molar-refractivity contribution in [2.45, 2.75) is 16.6 Å². The van der Waals surface area contributed by atoms with Crippen LogP contribution in [0.15, 0.2) is 41.3 Å². The fourth-order valence-corrected chi connectivity index (χ4v) is 6.43. The van der Waals surface area contributed by atoms with Gasteiger partial charge in [-0.25, -0.2) is 8.42 Å². The van der Waals surface area contributed by atoms with Crippen LogP contribution in [0.3, 0.4) is 0 Å². The Morgan fingerprint density at radius 3 is 2.66 bits per heavy atom. The van der Waals surface area contributed by atoms with Gasteiger partial charge in [-0.05, 0) is 36.2 Å². The van der Waals surface area contributed by atoms with E-state index in [-0.39, 0.29) is 22.7 Å². The first-order valence-corrected chi connectivity index (χ1v) is 11.7. The maximum absolute atomic E-state index is 13.3.